The molecule has 1 aliphatic carbocycles. The van der Waals surface area contributed by atoms with Crippen LogP contribution in [0.2, 0.25) is 0 Å². The molecule has 74 valence electrons. The highest BCUT2D eigenvalue weighted by molar-refractivity contribution is 8.21. The van der Waals surface area contributed by atoms with Crippen LogP contribution in [-0.2, 0) is 4.79 Å². The van der Waals surface area contributed by atoms with E-state index in [1.807, 2.05) is 23.5 Å². The molecule has 1 saturated heterocycles. The van der Waals surface area contributed by atoms with Gasteiger partial charge >= 0.3 is 0 Å². The maximum absolute atomic E-state index is 11.8. The summed E-state index contributed by atoms with van der Waals surface area (Å²) in [5.41, 5.74) is 0. The highest BCUT2D eigenvalue weighted by Crippen LogP contribution is 2.53. The van der Waals surface area contributed by atoms with Crippen LogP contribution in [0.15, 0.2) is 0 Å². The first-order chi connectivity index (χ1) is 6.26. The van der Waals surface area contributed by atoms with Crippen molar-refractivity contribution >= 4 is 29.3 Å². The molecule has 1 unspecified atom stereocenters. The van der Waals surface area contributed by atoms with Gasteiger partial charge in [-0.05, 0) is 19.3 Å². The monoisotopic (exact) mass is 216 g/mol. The van der Waals surface area contributed by atoms with Crippen molar-refractivity contribution in [3.05, 3.63) is 0 Å². The van der Waals surface area contributed by atoms with E-state index in [9.17, 15) is 4.79 Å². The second kappa shape index (κ2) is 3.85. The Morgan fingerprint density at radius 3 is 2.69 bits per heavy atom. The number of hydrogen-bond donors (Lipinski definition) is 0. The summed E-state index contributed by atoms with van der Waals surface area (Å²) in [6.07, 6.45) is 4.27. The van der Waals surface area contributed by atoms with E-state index >= 15 is 0 Å². The molecular formula is C10H16OS2. The third-order valence-electron chi connectivity index (χ3n) is 3.08. The Morgan fingerprint density at radius 1 is 1.46 bits per heavy atom. The van der Waals surface area contributed by atoms with E-state index < -0.39 is 0 Å². The van der Waals surface area contributed by atoms with Crippen molar-refractivity contribution in [2.45, 2.75) is 36.7 Å². The van der Waals surface area contributed by atoms with Crippen molar-refractivity contribution in [2.24, 2.45) is 5.92 Å². The van der Waals surface area contributed by atoms with Gasteiger partial charge in [-0.2, -0.15) is 0 Å². The van der Waals surface area contributed by atoms with E-state index in [4.69, 9.17) is 0 Å². The third-order valence-corrected chi connectivity index (χ3v) is 6.61. The Labute approximate surface area is 88.4 Å². The molecule has 1 nitrogen and oxygen atoms in total. The predicted octanol–water partition coefficient (Wildman–Crippen LogP) is 2.94. The molecule has 13 heavy (non-hydrogen) atoms. The molecular weight excluding hydrogens is 200 g/mol. The standard InChI is InChI=1S/C10H16OS2/c1-2-8-3-4-10(7-9(8)11)12-5-6-13-10/h8H,2-7H2,1H3. The molecule has 1 saturated carbocycles. The summed E-state index contributed by atoms with van der Waals surface area (Å²) in [4.78, 5) is 11.8. The first-order valence-electron chi connectivity index (χ1n) is 5.06. The lowest BCUT2D eigenvalue weighted by molar-refractivity contribution is -0.124. The Balaban J connectivity index is 2.01. The van der Waals surface area contributed by atoms with Gasteiger partial charge in [0.05, 0.1) is 4.08 Å². The summed E-state index contributed by atoms with van der Waals surface area (Å²) in [5.74, 6) is 3.40. The minimum absolute atomic E-state index is 0.308. The van der Waals surface area contributed by atoms with Crippen LogP contribution in [0, 0.1) is 5.92 Å². The molecule has 2 rings (SSSR count). The average molecular weight is 216 g/mol. The second-order valence-electron chi connectivity index (χ2n) is 3.89. The van der Waals surface area contributed by atoms with Crippen LogP contribution in [0.25, 0.3) is 0 Å². The Morgan fingerprint density at radius 2 is 2.15 bits per heavy atom. The van der Waals surface area contributed by atoms with Crippen molar-refractivity contribution < 1.29 is 4.79 Å². The molecule has 1 aliphatic heterocycles. The van der Waals surface area contributed by atoms with E-state index in [0.717, 1.165) is 19.3 Å². The van der Waals surface area contributed by atoms with E-state index in [1.54, 1.807) is 0 Å². The van der Waals surface area contributed by atoms with E-state index in [-0.39, 0.29) is 0 Å². The lowest BCUT2D eigenvalue weighted by Gasteiger charge is -2.34. The Kier molecular flexibility index (Phi) is 2.94. The van der Waals surface area contributed by atoms with E-state index in [2.05, 4.69) is 6.92 Å². The van der Waals surface area contributed by atoms with Gasteiger partial charge in [0.1, 0.15) is 5.78 Å². The fraction of sp³-hybridized carbons (Fsp3) is 0.900. The fourth-order valence-electron chi connectivity index (χ4n) is 2.23. The Hall–Kier alpha value is 0.370. The van der Waals surface area contributed by atoms with Crippen LogP contribution < -0.4 is 0 Å². The average Bonchev–Trinajstić information content (AvgIpc) is 2.54. The number of carbonyl (C=O) groups excluding carboxylic acids is 1. The molecule has 2 fully saturated rings. The second-order valence-corrected chi connectivity index (χ2v) is 7.11. The molecule has 0 aromatic carbocycles. The minimum Gasteiger partial charge on any atom is -0.299 e. The fourth-order valence-corrected chi connectivity index (χ4v) is 5.49. The van der Waals surface area contributed by atoms with Crippen LogP contribution in [-0.4, -0.2) is 21.4 Å². The SMILES string of the molecule is CCC1CCC2(CC1=O)SCCS2. The van der Waals surface area contributed by atoms with Crippen LogP contribution in [0.1, 0.15) is 32.6 Å². The van der Waals surface area contributed by atoms with Crippen molar-refractivity contribution in [1.82, 2.24) is 0 Å². The molecule has 0 aromatic heterocycles. The summed E-state index contributed by atoms with van der Waals surface area (Å²) in [6, 6.07) is 0. The predicted molar refractivity (Wildman–Crippen MR) is 60.3 cm³/mol. The summed E-state index contributed by atoms with van der Waals surface area (Å²) in [5, 5.41) is 0. The zero-order valence-electron chi connectivity index (χ0n) is 8.04. The lowest BCUT2D eigenvalue weighted by Crippen LogP contribution is -2.32. The quantitative estimate of drug-likeness (QED) is 0.671. The molecule has 0 radical (unpaired) electrons. The zero-order valence-corrected chi connectivity index (χ0v) is 9.68. The Bertz CT molecular complexity index is 209. The number of hydrogen-bond acceptors (Lipinski definition) is 3. The van der Waals surface area contributed by atoms with Gasteiger partial charge < -0.3 is 0 Å². The number of carbonyl (C=O) groups is 1. The van der Waals surface area contributed by atoms with Gasteiger partial charge in [0.2, 0.25) is 0 Å². The van der Waals surface area contributed by atoms with Crippen LogP contribution in [0.4, 0.5) is 0 Å². The van der Waals surface area contributed by atoms with Gasteiger partial charge in [-0.1, -0.05) is 6.92 Å². The zero-order chi connectivity index (χ0) is 9.31. The molecule has 0 N–H and O–H groups in total. The highest BCUT2D eigenvalue weighted by Gasteiger charge is 2.42. The number of thioether (sulfide) groups is 2. The summed E-state index contributed by atoms with van der Waals surface area (Å²) >= 11 is 4.05. The smallest absolute Gasteiger partial charge is 0.138 e. The third kappa shape index (κ3) is 1.91. The van der Waals surface area contributed by atoms with Crippen molar-refractivity contribution in [1.29, 1.82) is 0 Å². The van der Waals surface area contributed by atoms with Crippen molar-refractivity contribution in [3.8, 4) is 0 Å². The maximum Gasteiger partial charge on any atom is 0.138 e. The van der Waals surface area contributed by atoms with Crippen LogP contribution in [0.3, 0.4) is 0 Å². The normalized spacial score (nSPS) is 32.7. The van der Waals surface area contributed by atoms with Gasteiger partial charge in [0.15, 0.2) is 0 Å². The molecule has 1 heterocycles. The van der Waals surface area contributed by atoms with Crippen molar-refractivity contribution in [3.63, 3.8) is 0 Å². The molecule has 0 bridgehead atoms. The summed E-state index contributed by atoms with van der Waals surface area (Å²) in [7, 11) is 0. The van der Waals surface area contributed by atoms with E-state index in [1.165, 1.54) is 17.9 Å². The highest BCUT2D eigenvalue weighted by atomic mass is 32.2. The van der Waals surface area contributed by atoms with Gasteiger partial charge in [-0.15, -0.1) is 23.5 Å². The molecule has 1 atom stereocenters. The minimum atomic E-state index is 0.308. The van der Waals surface area contributed by atoms with Crippen LogP contribution in [0.5, 0.6) is 0 Å². The lowest BCUT2D eigenvalue weighted by atomic mass is 9.85. The number of ketones is 1. The van der Waals surface area contributed by atoms with Gasteiger partial charge in [0, 0.05) is 23.8 Å². The van der Waals surface area contributed by atoms with Crippen molar-refractivity contribution in [2.75, 3.05) is 11.5 Å². The largest absolute Gasteiger partial charge is 0.299 e. The van der Waals surface area contributed by atoms with Gasteiger partial charge in [-0.3, -0.25) is 4.79 Å². The van der Waals surface area contributed by atoms with E-state index in [0.29, 0.717) is 15.8 Å². The van der Waals surface area contributed by atoms with Crippen LogP contribution >= 0.6 is 23.5 Å². The van der Waals surface area contributed by atoms with Gasteiger partial charge in [-0.25, -0.2) is 0 Å². The molecule has 2 aliphatic rings. The summed E-state index contributed by atoms with van der Waals surface area (Å²) < 4.78 is 0.308. The first kappa shape index (κ1) is 9.91. The molecule has 0 amide bonds. The molecule has 1 spiro atoms. The molecule has 3 heteroatoms. The summed E-state index contributed by atoms with van der Waals surface area (Å²) in [6.45, 7) is 2.13. The first-order valence-corrected chi connectivity index (χ1v) is 7.03. The maximum atomic E-state index is 11.8. The topological polar surface area (TPSA) is 17.1 Å². The van der Waals surface area contributed by atoms with Gasteiger partial charge in [0.25, 0.3) is 0 Å². The number of Topliss-reactive ketones (excluding diaryl/α,β-unsaturated/α-hetero) is 1. The number of rotatable bonds is 1. The molecule has 0 aromatic rings.